The number of aliphatic imine (C=N–C) groups is 2. The van der Waals surface area contributed by atoms with E-state index in [2.05, 4.69) is 194 Å². The number of hydrogen-bond donors (Lipinski definition) is 4. The van der Waals surface area contributed by atoms with Gasteiger partial charge in [-0.1, -0.05) is 126 Å². The summed E-state index contributed by atoms with van der Waals surface area (Å²) in [5, 5.41) is 34.4. The molecule has 4 unspecified atom stereocenters. The van der Waals surface area contributed by atoms with Gasteiger partial charge < -0.3 is 68.4 Å². The lowest BCUT2D eigenvalue weighted by Crippen LogP contribution is -2.45. The van der Waals surface area contributed by atoms with Gasteiger partial charge in [-0.25, -0.2) is 0 Å². The second kappa shape index (κ2) is 45.0. The van der Waals surface area contributed by atoms with Gasteiger partial charge in [-0.05, 0) is 271 Å². The third-order valence-electron chi connectivity index (χ3n) is 24.1. The summed E-state index contributed by atoms with van der Waals surface area (Å²) >= 11 is 37.7. The smallest absolute Gasteiger partial charge is 0.300 e. The molecule has 12 aromatic rings. The number of carbonyl (C=O) groups is 2. The Bertz CT molecular complexity index is 5860. The first kappa shape index (κ1) is 95.3. The summed E-state index contributed by atoms with van der Waals surface area (Å²) in [6, 6.07) is 54.9. The minimum Gasteiger partial charge on any atom is -0.481 e. The van der Waals surface area contributed by atoms with E-state index in [-0.39, 0.29) is 54.0 Å². The molecule has 129 heavy (non-hydrogen) atoms. The van der Waals surface area contributed by atoms with Gasteiger partial charge in [0.25, 0.3) is 5.97 Å². The maximum absolute atomic E-state index is 10.8. The summed E-state index contributed by atoms with van der Waals surface area (Å²) in [6.45, 7) is 19.5. The normalized spacial score (nSPS) is 21.5. The molecule has 23 rings (SSSR count). The SMILES string of the molecule is Brc1csc(C2OCCO2)c1.CC(=O)O.CC1(c2csc(C3OCCO3)c2)CCCc2ccc(Cl)cc21.CC1(c2csc(C3OCCO3)c2)NCCc2ccccc21.CC1(c2csc(C=O)c2)NCCc2ccccc21.Clc1ccc2c(c1)C(c1csc(C3OCCO3)c1)=NCC2.Clc1ccc2c(c1)C(c1csc(C3OCCO3)c1)NCC2.Clc1ccc2c(c1)C=NCC2. The molecule has 18 nitrogen and oxygen atoms in total. The number of halogens is 5. The van der Waals surface area contributed by atoms with Gasteiger partial charge in [0.15, 0.2) is 37.7 Å². The zero-order chi connectivity index (χ0) is 89.4. The van der Waals surface area contributed by atoms with Crippen LogP contribution in [0.1, 0.15) is 207 Å². The Kier molecular flexibility index (Phi) is 33.2. The molecule has 5 fully saturated rings. The number of rotatable bonds is 11. The number of aldehydes is 1. The van der Waals surface area contributed by atoms with Crippen molar-refractivity contribution < 1.29 is 62.1 Å². The minimum atomic E-state index is -0.833. The topological polar surface area (TPSA) is 207 Å². The fourth-order valence-electron chi connectivity index (χ4n) is 17.6. The van der Waals surface area contributed by atoms with Gasteiger partial charge >= 0.3 is 0 Å². The van der Waals surface area contributed by atoms with Crippen LogP contribution in [-0.4, -0.2) is 128 Å². The second-order valence-corrected chi connectivity index (χ2v) is 41.0. The van der Waals surface area contributed by atoms with Crippen LogP contribution in [0.5, 0.6) is 0 Å². The van der Waals surface area contributed by atoms with E-state index in [1.807, 2.05) is 60.1 Å². The number of hydrogen-bond acceptors (Lipinski definition) is 23. The van der Waals surface area contributed by atoms with Crippen LogP contribution in [0.3, 0.4) is 0 Å². The summed E-state index contributed by atoms with van der Waals surface area (Å²) < 4.78 is 56.5. The number of carboxylic acid groups (broad SMARTS) is 1. The van der Waals surface area contributed by atoms with Crippen LogP contribution in [0, 0.1) is 0 Å². The Hall–Kier alpha value is -6.88. The van der Waals surface area contributed by atoms with Crippen molar-refractivity contribution in [3.8, 4) is 0 Å². The molecule has 6 aromatic carbocycles. The van der Waals surface area contributed by atoms with Crippen molar-refractivity contribution in [3.63, 3.8) is 0 Å². The predicted octanol–water partition coefficient (Wildman–Crippen LogP) is 23.7. The number of fused-ring (bicyclic) bond motifs is 6. The van der Waals surface area contributed by atoms with Crippen LogP contribution in [-0.2, 0) is 107 Å². The van der Waals surface area contributed by atoms with Crippen molar-refractivity contribution in [2.24, 2.45) is 9.98 Å². The quantitative estimate of drug-likeness (QED) is 0.0888. The molecule has 0 spiro atoms. The highest BCUT2D eigenvalue weighted by atomic mass is 79.9. The molecule has 11 aliphatic rings. The highest BCUT2D eigenvalue weighted by Crippen LogP contribution is 2.48. The maximum Gasteiger partial charge on any atom is 0.300 e. The van der Waals surface area contributed by atoms with Gasteiger partial charge in [0.2, 0.25) is 0 Å². The number of carboxylic acids is 1. The number of aliphatic carboxylic acids is 1. The lowest BCUT2D eigenvalue weighted by molar-refractivity contribution is -0.134. The Balaban J connectivity index is 0.000000111. The molecule has 0 bridgehead atoms. The Morgan fingerprint density at radius 1 is 0.457 bits per heavy atom. The molecule has 4 atom stereocenters. The van der Waals surface area contributed by atoms with E-state index in [0.717, 1.165) is 157 Å². The molecule has 0 saturated carbocycles. The van der Waals surface area contributed by atoms with E-state index < -0.39 is 5.97 Å². The molecular weight excluding hydrogens is 1890 g/mol. The van der Waals surface area contributed by atoms with E-state index in [0.29, 0.717) is 66.1 Å². The van der Waals surface area contributed by atoms with Crippen LogP contribution < -0.4 is 16.0 Å². The highest BCUT2D eigenvalue weighted by Gasteiger charge is 2.39. The average Bonchev–Trinajstić information content (AvgIpc) is 1.69. The van der Waals surface area contributed by atoms with Gasteiger partial charge in [-0.3, -0.25) is 19.6 Å². The Morgan fingerprint density at radius 3 is 1.50 bits per heavy atom. The first-order valence-electron chi connectivity index (χ1n) is 43.3. The number of carbonyl (C=O) groups excluding carboxylic acids is 1. The molecule has 29 heteroatoms. The molecule has 5 saturated heterocycles. The number of nitrogens with zero attached hydrogens (tertiary/aromatic N) is 2. The molecule has 1 aliphatic carbocycles. The fourth-order valence-corrected chi connectivity index (χ4v) is 24.4. The summed E-state index contributed by atoms with van der Waals surface area (Å²) in [5.41, 5.74) is 23.0. The van der Waals surface area contributed by atoms with Crippen molar-refractivity contribution in [1.29, 1.82) is 0 Å². The molecule has 10 aliphatic heterocycles. The maximum atomic E-state index is 10.8. The lowest BCUT2D eigenvalue weighted by Gasteiger charge is -2.37. The number of benzene rings is 6. The molecule has 676 valence electrons. The Morgan fingerprint density at radius 2 is 0.915 bits per heavy atom. The summed E-state index contributed by atoms with van der Waals surface area (Å²) in [6.07, 6.45) is 10.7. The number of nitrogens with one attached hydrogen (secondary N) is 3. The second-order valence-electron chi connectivity index (χ2n) is 32.7. The minimum absolute atomic E-state index is 0.0336. The summed E-state index contributed by atoms with van der Waals surface area (Å²) in [4.78, 5) is 35.2. The van der Waals surface area contributed by atoms with Crippen molar-refractivity contribution in [2.75, 3.05) is 98.8 Å². The van der Waals surface area contributed by atoms with Crippen molar-refractivity contribution in [1.82, 2.24) is 16.0 Å². The number of ether oxygens (including phenoxy) is 10. The van der Waals surface area contributed by atoms with Crippen LogP contribution in [0.4, 0.5) is 0 Å². The van der Waals surface area contributed by atoms with Gasteiger partial charge in [-0.15, -0.1) is 68.0 Å². The van der Waals surface area contributed by atoms with E-state index >= 15 is 0 Å². The average molecular weight is 2000 g/mol. The first-order valence-corrected chi connectivity index (χ1v) is 50.9. The van der Waals surface area contributed by atoms with Crippen molar-refractivity contribution >= 4 is 155 Å². The lowest BCUT2D eigenvalue weighted by atomic mass is 9.68. The van der Waals surface area contributed by atoms with Crippen LogP contribution in [0.15, 0.2) is 204 Å². The third-order valence-corrected chi connectivity index (χ3v) is 31.5. The van der Waals surface area contributed by atoms with E-state index in [1.165, 1.54) is 106 Å². The van der Waals surface area contributed by atoms with Gasteiger partial charge in [0.05, 0.1) is 118 Å². The predicted molar refractivity (Wildman–Crippen MR) is 524 cm³/mol. The molecule has 4 N–H and O–H groups in total. The van der Waals surface area contributed by atoms with Crippen LogP contribution in [0.25, 0.3) is 0 Å². The molecule has 16 heterocycles. The number of thiophene rings is 6. The number of aryl methyl sites for hydroxylation is 1. The zero-order valence-electron chi connectivity index (χ0n) is 71.9. The van der Waals surface area contributed by atoms with Crippen LogP contribution >= 0.6 is 130 Å². The molecule has 0 radical (unpaired) electrons. The van der Waals surface area contributed by atoms with Crippen LogP contribution in [0.2, 0.25) is 20.1 Å². The van der Waals surface area contributed by atoms with E-state index in [4.69, 9.17) is 109 Å². The molecular formula is C100H102BrCl4N5O13S6. The fraction of sp³-hybridized carbons (Fsp3) is 0.360. The van der Waals surface area contributed by atoms with Gasteiger partial charge in [0.1, 0.15) is 0 Å². The third kappa shape index (κ3) is 23.6. The van der Waals surface area contributed by atoms with E-state index in [9.17, 15) is 4.79 Å². The highest BCUT2D eigenvalue weighted by molar-refractivity contribution is 9.10. The van der Waals surface area contributed by atoms with Crippen molar-refractivity contribution in [2.45, 2.75) is 133 Å². The summed E-state index contributed by atoms with van der Waals surface area (Å²) in [7, 11) is 0. The summed E-state index contributed by atoms with van der Waals surface area (Å²) in [5.74, 6) is -0.833. The monoisotopic (exact) mass is 1990 g/mol. The first-order chi connectivity index (χ1) is 62.7. The largest absolute Gasteiger partial charge is 0.481 e. The van der Waals surface area contributed by atoms with Gasteiger partial charge in [-0.2, -0.15) is 0 Å². The molecule has 6 aromatic heterocycles. The molecule has 0 amide bonds. The van der Waals surface area contributed by atoms with E-state index in [1.54, 1.807) is 56.7 Å². The Labute approximate surface area is 805 Å². The zero-order valence-corrected chi connectivity index (χ0v) is 81.4. The standard InChI is InChI=1S/C18H19ClO2S.C17H19NO2S.C16H16ClNO2S.C16H14ClNO2S.C15H15NOS.C9H8ClN.C7H7BrO2S.C2H4O2/c1-18(6-2-3-12-4-5-14(19)10-15(12)18)13-9-16(22-11-13)17-20-7-8-21-17;1-17(14-5-3-2-4-12(14)6-7-18-17)13-10-15(21-11-13)16-19-8-9-20-16;2*17-12-2-1-10-3-4-18-15(13(10)8-12)11-7-14(21-9-11)16-19-5-6-20-16;1-15(12-8-13(9-17)18-10-12)14-5-3-2-4-11(14)6-7-16-15;10-9-2-1-7-3-4-11-6-8(7)5-9;8-5-3-6(11-4-5)7-9-1-2-10-7;1-2(3)4/h4-5,9-11,17H,2-3,6-8H2,1H3;2-5,10-11,16,18H,6-9H2,1H3;1-2,7-9,15-16,18H,3-6H2;1-2,7-9,16H,3-6H2;2-5,8-10,16H,6-7H2,1H3;1-2,5-6H,3-4H2;3-4,7H,1-2H2;1H3,(H,3,4). The van der Waals surface area contributed by atoms with Gasteiger partial charge in [0, 0.05) is 97.7 Å². The van der Waals surface area contributed by atoms with Crippen molar-refractivity contribution in [3.05, 3.63) is 338 Å².